The van der Waals surface area contributed by atoms with Gasteiger partial charge in [0.05, 0.1) is 10.3 Å². The molecule has 0 aliphatic rings. The van der Waals surface area contributed by atoms with Crippen molar-refractivity contribution in [3.8, 4) is 0 Å². The molecule has 184 valence electrons. The molecular formula is C20H18F3N7O4S. The number of alkyl halides is 3. The largest absolute Gasteiger partial charge is 0.490 e. The molecule has 4 aromatic rings. The van der Waals surface area contributed by atoms with Gasteiger partial charge in [0.2, 0.25) is 5.95 Å². The number of carbonyl (C=O) groups is 1. The molecule has 1 aromatic carbocycles. The van der Waals surface area contributed by atoms with Crippen molar-refractivity contribution in [2.75, 3.05) is 16.9 Å². The smallest absolute Gasteiger partial charge is 0.475 e. The molecule has 15 heteroatoms. The van der Waals surface area contributed by atoms with Crippen molar-refractivity contribution in [1.29, 1.82) is 0 Å². The van der Waals surface area contributed by atoms with Crippen LogP contribution in [0.3, 0.4) is 0 Å². The summed E-state index contributed by atoms with van der Waals surface area (Å²) in [5.74, 6) is -1.29. The maximum atomic E-state index is 11.7. The number of aliphatic carboxylic acids is 1. The van der Waals surface area contributed by atoms with E-state index < -0.39 is 22.0 Å². The van der Waals surface area contributed by atoms with E-state index in [2.05, 4.69) is 35.8 Å². The number of sulfone groups is 1. The number of aromatic amines is 1. The zero-order valence-corrected chi connectivity index (χ0v) is 18.9. The molecule has 4 N–H and O–H groups in total. The van der Waals surface area contributed by atoms with Gasteiger partial charge >= 0.3 is 12.1 Å². The number of anilines is 4. The number of carboxylic acid groups (broad SMARTS) is 1. The van der Waals surface area contributed by atoms with E-state index in [4.69, 9.17) is 9.90 Å². The first kappa shape index (κ1) is 25.4. The summed E-state index contributed by atoms with van der Waals surface area (Å²) >= 11 is 0. The van der Waals surface area contributed by atoms with Crippen molar-refractivity contribution in [3.05, 3.63) is 54.4 Å². The fraction of sp³-hybridized carbons (Fsp3) is 0.150. The molecule has 0 radical (unpaired) electrons. The highest BCUT2D eigenvalue weighted by Gasteiger charge is 2.38. The Morgan fingerprint density at radius 3 is 2.49 bits per heavy atom. The molecular weight excluding hydrogens is 491 g/mol. The predicted molar refractivity (Wildman–Crippen MR) is 120 cm³/mol. The van der Waals surface area contributed by atoms with Gasteiger partial charge < -0.3 is 15.7 Å². The number of nitrogens with zero attached hydrogens (tertiary/aromatic N) is 4. The normalized spacial score (nSPS) is 11.5. The minimum Gasteiger partial charge on any atom is -0.475 e. The molecule has 4 rings (SSSR count). The molecule has 0 amide bonds. The van der Waals surface area contributed by atoms with E-state index in [9.17, 15) is 21.6 Å². The average Bonchev–Trinajstić information content (AvgIpc) is 3.15. The van der Waals surface area contributed by atoms with Crippen LogP contribution >= 0.6 is 0 Å². The number of nitrogens with one attached hydrogen (secondary N) is 3. The van der Waals surface area contributed by atoms with E-state index in [0.717, 1.165) is 17.2 Å². The van der Waals surface area contributed by atoms with Gasteiger partial charge in [0, 0.05) is 24.3 Å². The molecule has 0 unspecified atom stereocenters. The van der Waals surface area contributed by atoms with Crippen molar-refractivity contribution >= 4 is 50.1 Å². The number of pyridine rings is 1. The second kappa shape index (κ2) is 9.92. The number of aromatic nitrogens is 5. The zero-order chi connectivity index (χ0) is 25.8. The van der Waals surface area contributed by atoms with Gasteiger partial charge in [-0.1, -0.05) is 6.07 Å². The number of rotatable bonds is 5. The Bertz CT molecular complexity index is 1470. The first-order valence-corrected chi connectivity index (χ1v) is 11.5. The highest BCUT2D eigenvalue weighted by molar-refractivity contribution is 7.90. The SMILES string of the molecule is Cc1cnc2[nH]nc(Nc3ccnc(Nc4cccc(S(C)(=O)=O)c4)n3)c2c1.O=C(O)C(F)(F)F. The maximum Gasteiger partial charge on any atom is 0.490 e. The van der Waals surface area contributed by atoms with Crippen LogP contribution in [0.4, 0.5) is 36.4 Å². The molecule has 0 fully saturated rings. The molecule has 0 aliphatic carbocycles. The van der Waals surface area contributed by atoms with Gasteiger partial charge in [0.1, 0.15) is 5.82 Å². The minimum absolute atomic E-state index is 0.220. The Balaban J connectivity index is 0.000000429. The van der Waals surface area contributed by atoms with Crippen LogP contribution < -0.4 is 10.6 Å². The molecule has 0 saturated heterocycles. The maximum absolute atomic E-state index is 11.7. The molecule has 0 aliphatic heterocycles. The summed E-state index contributed by atoms with van der Waals surface area (Å²) < 4.78 is 55.2. The summed E-state index contributed by atoms with van der Waals surface area (Å²) in [7, 11) is -3.30. The van der Waals surface area contributed by atoms with Gasteiger partial charge in [-0.2, -0.15) is 23.3 Å². The van der Waals surface area contributed by atoms with E-state index in [1.807, 2.05) is 13.0 Å². The van der Waals surface area contributed by atoms with E-state index in [-0.39, 0.29) is 4.90 Å². The Morgan fingerprint density at radius 1 is 1.11 bits per heavy atom. The second-order valence-corrected chi connectivity index (χ2v) is 9.12. The third-order valence-electron chi connectivity index (χ3n) is 4.22. The molecule has 11 nitrogen and oxygen atoms in total. The van der Waals surface area contributed by atoms with Crippen LogP contribution in [0.15, 0.2) is 53.7 Å². The minimum atomic E-state index is -5.08. The van der Waals surface area contributed by atoms with Crippen LogP contribution in [0.5, 0.6) is 0 Å². The predicted octanol–water partition coefficient (Wildman–Crippen LogP) is 3.58. The van der Waals surface area contributed by atoms with Crippen molar-refractivity contribution in [3.63, 3.8) is 0 Å². The Hall–Kier alpha value is -4.27. The van der Waals surface area contributed by atoms with E-state index in [0.29, 0.717) is 28.9 Å². The lowest BCUT2D eigenvalue weighted by molar-refractivity contribution is -0.192. The van der Waals surface area contributed by atoms with Crippen LogP contribution in [0.25, 0.3) is 11.0 Å². The highest BCUT2D eigenvalue weighted by atomic mass is 32.2. The van der Waals surface area contributed by atoms with Crippen molar-refractivity contribution in [2.45, 2.75) is 18.0 Å². The standard InChI is InChI=1S/C18H17N7O2S.C2HF3O2/c1-11-8-14-16(20-10-11)24-25-17(14)22-15-6-7-19-18(23-15)21-12-4-3-5-13(9-12)28(2,26)27;3-2(4,5)1(6)7/h3-10H,1-2H3,(H3,19,20,21,22,23,24,25);(H,6,7). The number of fused-ring (bicyclic) bond motifs is 1. The Kier molecular flexibility index (Phi) is 7.19. The molecule has 35 heavy (non-hydrogen) atoms. The average molecular weight is 509 g/mol. The number of hydrogen-bond donors (Lipinski definition) is 4. The summed E-state index contributed by atoms with van der Waals surface area (Å²) in [6.45, 7) is 1.96. The Labute approximate surface area is 196 Å². The second-order valence-electron chi connectivity index (χ2n) is 7.10. The lowest BCUT2D eigenvalue weighted by atomic mass is 10.2. The van der Waals surface area contributed by atoms with Crippen molar-refractivity contribution in [2.24, 2.45) is 0 Å². The summed E-state index contributed by atoms with van der Waals surface area (Å²) in [6.07, 6.45) is -0.560. The molecule has 0 atom stereocenters. The highest BCUT2D eigenvalue weighted by Crippen LogP contribution is 2.24. The number of H-pyrrole nitrogens is 1. The number of halogens is 3. The summed E-state index contributed by atoms with van der Waals surface area (Å²) in [5.41, 5.74) is 2.27. The van der Waals surface area contributed by atoms with E-state index in [1.54, 1.807) is 30.6 Å². The Morgan fingerprint density at radius 2 is 1.83 bits per heavy atom. The molecule has 0 saturated carbocycles. The number of hydrogen-bond acceptors (Lipinski definition) is 9. The van der Waals surface area contributed by atoms with E-state index >= 15 is 0 Å². The summed E-state index contributed by atoms with van der Waals surface area (Å²) in [4.78, 5) is 22.0. The molecule has 0 bridgehead atoms. The lowest BCUT2D eigenvalue weighted by Crippen LogP contribution is -2.21. The molecule has 3 heterocycles. The van der Waals surface area contributed by atoms with Gasteiger partial charge in [-0.3, -0.25) is 5.10 Å². The van der Waals surface area contributed by atoms with Gasteiger partial charge in [-0.05, 0) is 42.8 Å². The molecule has 0 spiro atoms. The van der Waals surface area contributed by atoms with Crippen molar-refractivity contribution < 1.29 is 31.5 Å². The van der Waals surface area contributed by atoms with Gasteiger partial charge in [-0.25, -0.2) is 23.2 Å². The monoisotopic (exact) mass is 509 g/mol. The zero-order valence-electron chi connectivity index (χ0n) is 18.1. The fourth-order valence-corrected chi connectivity index (χ4v) is 3.31. The van der Waals surface area contributed by atoms with Crippen LogP contribution in [-0.2, 0) is 14.6 Å². The van der Waals surface area contributed by atoms with Crippen molar-refractivity contribution in [1.82, 2.24) is 25.1 Å². The lowest BCUT2D eigenvalue weighted by Gasteiger charge is -2.08. The van der Waals surface area contributed by atoms with E-state index in [1.165, 1.54) is 12.1 Å². The fourth-order valence-electron chi connectivity index (χ4n) is 2.65. The third kappa shape index (κ3) is 6.86. The van der Waals surface area contributed by atoms with Gasteiger partial charge in [0.15, 0.2) is 21.3 Å². The first-order chi connectivity index (χ1) is 16.3. The third-order valence-corrected chi connectivity index (χ3v) is 5.33. The molecule has 3 aromatic heterocycles. The van der Waals surface area contributed by atoms with Crippen LogP contribution in [0, 0.1) is 6.92 Å². The first-order valence-electron chi connectivity index (χ1n) is 9.61. The number of carboxylic acids is 1. The van der Waals surface area contributed by atoms with Crippen LogP contribution in [-0.4, -0.2) is 57.1 Å². The quantitative estimate of drug-likeness (QED) is 0.313. The number of aryl methyl sites for hydroxylation is 1. The van der Waals surface area contributed by atoms with Gasteiger partial charge in [-0.15, -0.1) is 0 Å². The van der Waals surface area contributed by atoms with Crippen LogP contribution in [0.2, 0.25) is 0 Å². The van der Waals surface area contributed by atoms with Gasteiger partial charge in [0.25, 0.3) is 0 Å². The summed E-state index contributed by atoms with van der Waals surface area (Å²) in [6, 6.07) is 10.2. The summed E-state index contributed by atoms with van der Waals surface area (Å²) in [5, 5.41) is 21.3. The van der Waals surface area contributed by atoms with Crippen LogP contribution in [0.1, 0.15) is 5.56 Å². The topological polar surface area (TPSA) is 163 Å². The number of benzene rings is 1.